The molecule has 0 unspecified atom stereocenters. The summed E-state index contributed by atoms with van der Waals surface area (Å²) in [6, 6.07) is 23.1. The average Bonchev–Trinajstić information content (AvgIpc) is 2.62. The summed E-state index contributed by atoms with van der Waals surface area (Å²) in [5, 5.41) is 19.5. The molecule has 2 N–H and O–H groups in total. The molecule has 0 aliphatic carbocycles. The molecule has 0 aliphatic rings. The second-order valence-corrected chi connectivity index (χ2v) is 6.12. The van der Waals surface area contributed by atoms with Gasteiger partial charge in [0.2, 0.25) is 0 Å². The first-order chi connectivity index (χ1) is 12.1. The number of aromatic hydroxyl groups is 2. The van der Waals surface area contributed by atoms with Gasteiger partial charge in [-0.15, -0.1) is 0 Å². The van der Waals surface area contributed by atoms with Gasteiger partial charge in [0, 0.05) is 0 Å². The van der Waals surface area contributed by atoms with Gasteiger partial charge in [0.05, 0.1) is 0 Å². The van der Waals surface area contributed by atoms with Gasteiger partial charge in [0.1, 0.15) is 11.5 Å². The Bertz CT molecular complexity index is 891. The molecule has 0 saturated carbocycles. The van der Waals surface area contributed by atoms with Crippen LogP contribution in [-0.2, 0) is 0 Å². The second-order valence-electron chi connectivity index (χ2n) is 6.12. The number of hydrogen-bond donors (Lipinski definition) is 2. The fraction of sp³-hybridized carbons (Fsp3) is 0.130. The van der Waals surface area contributed by atoms with Crippen molar-refractivity contribution in [2.75, 3.05) is 0 Å². The highest BCUT2D eigenvalue weighted by atomic mass is 16.3. The lowest BCUT2D eigenvalue weighted by molar-refractivity contribution is 0.474. The van der Waals surface area contributed by atoms with Crippen LogP contribution in [0, 0.1) is 6.92 Å². The maximum atomic E-state index is 9.79. The van der Waals surface area contributed by atoms with Crippen molar-refractivity contribution in [3.8, 4) is 11.5 Å². The zero-order chi connectivity index (χ0) is 17.8. The Kier molecular flexibility index (Phi) is 4.90. The molecule has 25 heavy (non-hydrogen) atoms. The first kappa shape index (κ1) is 16.8. The van der Waals surface area contributed by atoms with Crippen molar-refractivity contribution in [1.82, 2.24) is 0 Å². The minimum absolute atomic E-state index is 0.253. The highest BCUT2D eigenvalue weighted by Crippen LogP contribution is 2.37. The van der Waals surface area contributed by atoms with Crippen LogP contribution in [0.4, 0.5) is 0 Å². The van der Waals surface area contributed by atoms with Crippen LogP contribution < -0.4 is 0 Å². The van der Waals surface area contributed by atoms with E-state index >= 15 is 0 Å². The van der Waals surface area contributed by atoms with E-state index in [2.05, 4.69) is 19.1 Å². The summed E-state index contributed by atoms with van der Waals surface area (Å²) in [4.78, 5) is 0. The lowest BCUT2D eigenvalue weighted by Gasteiger charge is -2.18. The Balaban J connectivity index is 2.31. The number of hydrogen-bond acceptors (Lipinski definition) is 2. The first-order valence-electron chi connectivity index (χ1n) is 8.48. The predicted molar refractivity (Wildman–Crippen MR) is 104 cm³/mol. The standard InChI is InChI=1S/C23H22O2/c1-3-21(17-7-5-4-6-8-17)23(18-9-11-19(24)12-10-18)22-14-13-20(25)15-16(22)2/h4-15,24-25H,3H2,1-2H3/b23-21+. The number of allylic oxidation sites excluding steroid dienone is 1. The van der Waals surface area contributed by atoms with Crippen LogP contribution in [0.15, 0.2) is 72.8 Å². The number of rotatable bonds is 4. The van der Waals surface area contributed by atoms with Gasteiger partial charge in [-0.05, 0) is 71.0 Å². The van der Waals surface area contributed by atoms with Gasteiger partial charge in [-0.3, -0.25) is 0 Å². The van der Waals surface area contributed by atoms with E-state index < -0.39 is 0 Å². The number of benzene rings is 3. The molecular formula is C23H22O2. The van der Waals surface area contributed by atoms with Crippen LogP contribution in [0.1, 0.15) is 35.6 Å². The largest absolute Gasteiger partial charge is 0.508 e. The molecule has 0 aromatic heterocycles. The van der Waals surface area contributed by atoms with E-state index in [1.165, 1.54) is 11.1 Å². The van der Waals surface area contributed by atoms with Gasteiger partial charge in [0.15, 0.2) is 0 Å². The SMILES string of the molecule is CC/C(=C(/c1ccc(O)cc1)c1ccc(O)cc1C)c1ccccc1. The van der Waals surface area contributed by atoms with Gasteiger partial charge in [-0.1, -0.05) is 55.5 Å². The van der Waals surface area contributed by atoms with E-state index in [1.54, 1.807) is 24.3 Å². The quantitative estimate of drug-likeness (QED) is 0.596. The average molecular weight is 330 g/mol. The summed E-state index contributed by atoms with van der Waals surface area (Å²) >= 11 is 0. The van der Waals surface area contributed by atoms with Gasteiger partial charge in [0.25, 0.3) is 0 Å². The summed E-state index contributed by atoms with van der Waals surface area (Å²) in [5.41, 5.74) is 6.70. The van der Waals surface area contributed by atoms with E-state index in [9.17, 15) is 10.2 Å². The third kappa shape index (κ3) is 3.58. The molecule has 2 nitrogen and oxygen atoms in total. The highest BCUT2D eigenvalue weighted by Gasteiger charge is 2.15. The molecule has 0 radical (unpaired) electrons. The van der Waals surface area contributed by atoms with Crippen LogP contribution in [0.5, 0.6) is 11.5 Å². The smallest absolute Gasteiger partial charge is 0.115 e. The van der Waals surface area contributed by atoms with Gasteiger partial charge in [-0.2, -0.15) is 0 Å². The van der Waals surface area contributed by atoms with E-state index in [-0.39, 0.29) is 11.5 Å². The van der Waals surface area contributed by atoms with Crippen molar-refractivity contribution >= 4 is 11.1 Å². The lowest BCUT2D eigenvalue weighted by atomic mass is 9.86. The van der Waals surface area contributed by atoms with Crippen LogP contribution in [0.3, 0.4) is 0 Å². The molecule has 0 fully saturated rings. The van der Waals surface area contributed by atoms with E-state index in [0.717, 1.165) is 28.7 Å². The van der Waals surface area contributed by atoms with E-state index in [4.69, 9.17) is 0 Å². The molecule has 0 saturated heterocycles. The molecule has 0 bridgehead atoms. The van der Waals surface area contributed by atoms with E-state index in [1.807, 2.05) is 43.3 Å². The molecule has 3 rings (SSSR count). The summed E-state index contributed by atoms with van der Waals surface area (Å²) in [6.07, 6.45) is 0.876. The minimum Gasteiger partial charge on any atom is -0.508 e. The summed E-state index contributed by atoms with van der Waals surface area (Å²) in [5.74, 6) is 0.521. The van der Waals surface area contributed by atoms with Crippen molar-refractivity contribution in [2.45, 2.75) is 20.3 Å². The minimum atomic E-state index is 0.253. The van der Waals surface area contributed by atoms with Crippen LogP contribution in [0.25, 0.3) is 11.1 Å². The Morgan fingerprint density at radius 2 is 1.40 bits per heavy atom. The molecule has 126 valence electrons. The first-order valence-corrected chi connectivity index (χ1v) is 8.48. The van der Waals surface area contributed by atoms with Crippen molar-refractivity contribution in [2.24, 2.45) is 0 Å². The van der Waals surface area contributed by atoms with Gasteiger partial charge >= 0.3 is 0 Å². The maximum absolute atomic E-state index is 9.79. The summed E-state index contributed by atoms with van der Waals surface area (Å²) in [6.45, 7) is 4.16. The predicted octanol–water partition coefficient (Wildman–Crippen LogP) is 5.78. The van der Waals surface area contributed by atoms with Gasteiger partial charge < -0.3 is 10.2 Å². The normalized spacial score (nSPS) is 11.9. The zero-order valence-electron chi connectivity index (χ0n) is 14.5. The van der Waals surface area contributed by atoms with Crippen molar-refractivity contribution in [3.05, 3.63) is 95.1 Å². The number of aryl methyl sites for hydroxylation is 1. The number of phenols is 2. The fourth-order valence-electron chi connectivity index (χ4n) is 3.21. The maximum Gasteiger partial charge on any atom is 0.115 e. The Hall–Kier alpha value is -3.00. The van der Waals surface area contributed by atoms with Crippen molar-refractivity contribution < 1.29 is 10.2 Å². The molecule has 0 spiro atoms. The Morgan fingerprint density at radius 3 is 2.00 bits per heavy atom. The molecule has 0 amide bonds. The van der Waals surface area contributed by atoms with E-state index in [0.29, 0.717) is 0 Å². The monoisotopic (exact) mass is 330 g/mol. The molecule has 3 aromatic rings. The molecule has 0 atom stereocenters. The van der Waals surface area contributed by atoms with Gasteiger partial charge in [-0.25, -0.2) is 0 Å². The van der Waals surface area contributed by atoms with Crippen LogP contribution in [0.2, 0.25) is 0 Å². The van der Waals surface area contributed by atoms with Crippen molar-refractivity contribution in [1.29, 1.82) is 0 Å². The zero-order valence-corrected chi connectivity index (χ0v) is 14.5. The summed E-state index contributed by atoms with van der Waals surface area (Å²) < 4.78 is 0. The molecule has 2 heteroatoms. The number of phenolic OH excluding ortho intramolecular Hbond substituents is 2. The molecule has 0 aliphatic heterocycles. The Labute approximate surface area is 148 Å². The third-order valence-electron chi connectivity index (χ3n) is 4.41. The van der Waals surface area contributed by atoms with Crippen molar-refractivity contribution in [3.63, 3.8) is 0 Å². The molecule has 0 heterocycles. The lowest BCUT2D eigenvalue weighted by Crippen LogP contribution is -1.97. The topological polar surface area (TPSA) is 40.5 Å². The van der Waals surface area contributed by atoms with Crippen LogP contribution in [-0.4, -0.2) is 10.2 Å². The fourth-order valence-corrected chi connectivity index (χ4v) is 3.21. The van der Waals surface area contributed by atoms with Crippen LogP contribution >= 0.6 is 0 Å². The summed E-state index contributed by atoms with van der Waals surface area (Å²) in [7, 11) is 0. The highest BCUT2D eigenvalue weighted by molar-refractivity contribution is 5.99. The second kappa shape index (κ2) is 7.27. The Morgan fingerprint density at radius 1 is 0.760 bits per heavy atom. The molecule has 3 aromatic carbocycles. The molecular weight excluding hydrogens is 308 g/mol. The third-order valence-corrected chi connectivity index (χ3v) is 4.41.